The van der Waals surface area contributed by atoms with Gasteiger partial charge in [0, 0.05) is 6.54 Å². The van der Waals surface area contributed by atoms with Crippen molar-refractivity contribution in [2.24, 2.45) is 0 Å². The molecule has 1 amide bonds. The van der Waals surface area contributed by atoms with E-state index in [1.54, 1.807) is 0 Å². The van der Waals surface area contributed by atoms with E-state index in [2.05, 4.69) is 17.6 Å². The quantitative estimate of drug-likeness (QED) is 0.627. The monoisotopic (exact) mass is 184 g/mol. The number of hydrogen-bond acceptors (Lipinski definition) is 2. The van der Waals surface area contributed by atoms with Crippen LogP contribution in [0.5, 0.6) is 0 Å². The highest BCUT2D eigenvalue weighted by Crippen LogP contribution is 2.04. The molecule has 0 aromatic heterocycles. The van der Waals surface area contributed by atoms with Crippen LogP contribution >= 0.6 is 0 Å². The van der Waals surface area contributed by atoms with Gasteiger partial charge in [-0.15, -0.1) is 0 Å². The molecule has 1 heterocycles. The van der Waals surface area contributed by atoms with Crippen molar-refractivity contribution in [2.45, 2.75) is 45.1 Å². The largest absolute Gasteiger partial charge is 0.355 e. The molecule has 13 heavy (non-hydrogen) atoms. The van der Waals surface area contributed by atoms with Crippen LogP contribution in [0.4, 0.5) is 0 Å². The number of nitrogens with one attached hydrogen (secondary N) is 2. The minimum absolute atomic E-state index is 0.0848. The molecule has 1 rings (SSSR count). The number of carbonyl (C=O) groups is 1. The third-order valence-corrected chi connectivity index (χ3v) is 2.46. The lowest BCUT2D eigenvalue weighted by molar-refractivity contribution is -0.122. The van der Waals surface area contributed by atoms with Gasteiger partial charge in [0.15, 0.2) is 0 Å². The van der Waals surface area contributed by atoms with Crippen LogP contribution in [0.15, 0.2) is 0 Å². The summed E-state index contributed by atoms with van der Waals surface area (Å²) in [6.45, 7) is 4.00. The van der Waals surface area contributed by atoms with Gasteiger partial charge in [-0.05, 0) is 25.8 Å². The van der Waals surface area contributed by atoms with Crippen molar-refractivity contribution in [3.63, 3.8) is 0 Å². The molecular formula is C10H20N2O. The molecule has 1 fully saturated rings. The average molecular weight is 184 g/mol. The first-order valence-corrected chi connectivity index (χ1v) is 5.35. The zero-order valence-corrected chi connectivity index (χ0v) is 8.44. The van der Waals surface area contributed by atoms with Crippen LogP contribution in [0.25, 0.3) is 0 Å². The predicted molar refractivity (Wildman–Crippen MR) is 53.6 cm³/mol. The van der Waals surface area contributed by atoms with Crippen LogP contribution in [0.2, 0.25) is 0 Å². The van der Waals surface area contributed by atoms with Crippen LogP contribution < -0.4 is 10.6 Å². The Hall–Kier alpha value is -0.570. The number of carbonyl (C=O) groups excluding carboxylic acids is 1. The van der Waals surface area contributed by atoms with E-state index in [1.807, 2.05) is 0 Å². The second-order valence-corrected chi connectivity index (χ2v) is 3.65. The van der Waals surface area contributed by atoms with E-state index >= 15 is 0 Å². The Balaban J connectivity index is 2.03. The second kappa shape index (κ2) is 5.97. The molecular weight excluding hydrogens is 164 g/mol. The minimum Gasteiger partial charge on any atom is -0.355 e. The highest BCUT2D eigenvalue weighted by molar-refractivity contribution is 5.81. The molecule has 0 radical (unpaired) electrons. The van der Waals surface area contributed by atoms with Gasteiger partial charge < -0.3 is 10.6 Å². The molecule has 3 nitrogen and oxygen atoms in total. The van der Waals surface area contributed by atoms with Crippen molar-refractivity contribution in [1.29, 1.82) is 0 Å². The van der Waals surface area contributed by atoms with Gasteiger partial charge in [-0.2, -0.15) is 0 Å². The standard InChI is InChI=1S/C10H20N2O/c1-2-3-4-7-12-10(13)9-6-5-8-11-9/h9,11H,2-8H2,1H3,(H,12,13)/t9-/m1/s1. The molecule has 2 N–H and O–H groups in total. The van der Waals surface area contributed by atoms with Crippen LogP contribution in [0.1, 0.15) is 39.0 Å². The molecule has 76 valence electrons. The number of hydrogen-bond donors (Lipinski definition) is 2. The lowest BCUT2D eigenvalue weighted by Crippen LogP contribution is -2.40. The average Bonchev–Trinajstić information content (AvgIpc) is 2.65. The summed E-state index contributed by atoms with van der Waals surface area (Å²) in [5, 5.41) is 6.14. The predicted octanol–water partition coefficient (Wildman–Crippen LogP) is 1.04. The van der Waals surface area contributed by atoms with Gasteiger partial charge in [0.1, 0.15) is 0 Å². The highest BCUT2D eigenvalue weighted by atomic mass is 16.2. The number of rotatable bonds is 5. The van der Waals surface area contributed by atoms with Gasteiger partial charge in [0.25, 0.3) is 0 Å². The molecule has 3 heteroatoms. The number of unbranched alkanes of at least 4 members (excludes halogenated alkanes) is 2. The molecule has 1 aliphatic rings. The van der Waals surface area contributed by atoms with Crippen molar-refractivity contribution in [3.05, 3.63) is 0 Å². The maximum absolute atomic E-state index is 11.4. The Bertz CT molecular complexity index is 153. The van der Waals surface area contributed by atoms with Crippen molar-refractivity contribution in [3.8, 4) is 0 Å². The molecule has 1 saturated heterocycles. The second-order valence-electron chi connectivity index (χ2n) is 3.65. The van der Waals surface area contributed by atoms with Gasteiger partial charge in [-0.25, -0.2) is 0 Å². The van der Waals surface area contributed by atoms with Crippen molar-refractivity contribution >= 4 is 5.91 Å². The lowest BCUT2D eigenvalue weighted by atomic mass is 10.2. The summed E-state index contributed by atoms with van der Waals surface area (Å²) in [7, 11) is 0. The number of amides is 1. The molecule has 0 aliphatic carbocycles. The third-order valence-electron chi connectivity index (χ3n) is 2.46. The summed E-state index contributed by atoms with van der Waals surface area (Å²) in [6.07, 6.45) is 5.65. The fourth-order valence-corrected chi connectivity index (χ4v) is 1.62. The summed E-state index contributed by atoms with van der Waals surface area (Å²) >= 11 is 0. The summed E-state index contributed by atoms with van der Waals surface area (Å²) in [6, 6.07) is 0.0848. The summed E-state index contributed by atoms with van der Waals surface area (Å²) in [5.41, 5.74) is 0. The first-order valence-electron chi connectivity index (χ1n) is 5.35. The van der Waals surface area contributed by atoms with E-state index in [4.69, 9.17) is 0 Å². The van der Waals surface area contributed by atoms with E-state index in [-0.39, 0.29) is 11.9 Å². The molecule has 0 aromatic rings. The Labute approximate surface area is 80.3 Å². The van der Waals surface area contributed by atoms with Crippen molar-refractivity contribution < 1.29 is 4.79 Å². The van der Waals surface area contributed by atoms with Gasteiger partial charge >= 0.3 is 0 Å². The van der Waals surface area contributed by atoms with Crippen molar-refractivity contribution in [1.82, 2.24) is 10.6 Å². The van der Waals surface area contributed by atoms with E-state index < -0.39 is 0 Å². The zero-order chi connectivity index (χ0) is 9.52. The molecule has 0 aromatic carbocycles. The first-order chi connectivity index (χ1) is 6.34. The van der Waals surface area contributed by atoms with Crippen LogP contribution in [-0.2, 0) is 4.79 Å². The highest BCUT2D eigenvalue weighted by Gasteiger charge is 2.20. The summed E-state index contributed by atoms with van der Waals surface area (Å²) in [5.74, 6) is 0.189. The molecule has 0 unspecified atom stereocenters. The minimum atomic E-state index is 0.0848. The summed E-state index contributed by atoms with van der Waals surface area (Å²) in [4.78, 5) is 11.4. The summed E-state index contributed by atoms with van der Waals surface area (Å²) < 4.78 is 0. The molecule has 1 atom stereocenters. The SMILES string of the molecule is CCCCCNC(=O)[C@H]1CCCN1. The van der Waals surface area contributed by atoms with Gasteiger partial charge in [-0.1, -0.05) is 19.8 Å². The maximum Gasteiger partial charge on any atom is 0.237 e. The Morgan fingerprint density at radius 1 is 1.54 bits per heavy atom. The molecule has 1 aliphatic heterocycles. The fraction of sp³-hybridized carbons (Fsp3) is 0.900. The van der Waals surface area contributed by atoms with Crippen LogP contribution in [0.3, 0.4) is 0 Å². The van der Waals surface area contributed by atoms with E-state index in [9.17, 15) is 4.79 Å². The molecule has 0 spiro atoms. The normalized spacial score (nSPS) is 21.8. The smallest absolute Gasteiger partial charge is 0.237 e. The van der Waals surface area contributed by atoms with Crippen LogP contribution in [0, 0.1) is 0 Å². The van der Waals surface area contributed by atoms with E-state index in [1.165, 1.54) is 12.8 Å². The Morgan fingerprint density at radius 3 is 3.00 bits per heavy atom. The third kappa shape index (κ3) is 3.77. The zero-order valence-electron chi connectivity index (χ0n) is 8.44. The van der Waals surface area contributed by atoms with E-state index in [0.29, 0.717) is 0 Å². The van der Waals surface area contributed by atoms with Gasteiger partial charge in [-0.3, -0.25) is 4.79 Å². The van der Waals surface area contributed by atoms with Gasteiger partial charge in [0.05, 0.1) is 6.04 Å². The molecule has 0 bridgehead atoms. The fourth-order valence-electron chi connectivity index (χ4n) is 1.62. The van der Waals surface area contributed by atoms with E-state index in [0.717, 1.165) is 32.4 Å². The van der Waals surface area contributed by atoms with Crippen LogP contribution in [-0.4, -0.2) is 25.0 Å². The Kier molecular flexibility index (Phi) is 4.83. The van der Waals surface area contributed by atoms with Gasteiger partial charge in [0.2, 0.25) is 5.91 Å². The molecule has 0 saturated carbocycles. The first kappa shape index (κ1) is 10.5. The topological polar surface area (TPSA) is 41.1 Å². The maximum atomic E-state index is 11.4. The van der Waals surface area contributed by atoms with Crippen molar-refractivity contribution in [2.75, 3.05) is 13.1 Å². The Morgan fingerprint density at radius 2 is 2.38 bits per heavy atom. The lowest BCUT2D eigenvalue weighted by Gasteiger charge is -2.10.